The van der Waals surface area contributed by atoms with Crippen LogP contribution in [0.3, 0.4) is 0 Å². The molecule has 90 valence electrons. The highest BCUT2D eigenvalue weighted by atomic mass is 32.1. The van der Waals surface area contributed by atoms with Crippen molar-refractivity contribution in [3.8, 4) is 11.1 Å². The lowest BCUT2D eigenvalue weighted by atomic mass is 10.1. The number of aliphatic hydroxyl groups excluding tert-OH is 1. The molecule has 1 aromatic heterocycles. The Balaban J connectivity index is 0.000000317. The first kappa shape index (κ1) is 13.4. The smallest absolute Gasteiger partial charge is 0.300 e. The van der Waals surface area contributed by atoms with E-state index in [-0.39, 0.29) is 6.61 Å². The predicted octanol–water partition coefficient (Wildman–Crippen LogP) is 3.00. The van der Waals surface area contributed by atoms with Crippen molar-refractivity contribution in [3.05, 3.63) is 46.7 Å². The number of thiophene rings is 1. The van der Waals surface area contributed by atoms with Gasteiger partial charge in [0.25, 0.3) is 5.97 Å². The van der Waals surface area contributed by atoms with E-state index in [1.807, 2.05) is 18.2 Å². The average molecular weight is 250 g/mol. The zero-order chi connectivity index (χ0) is 12.7. The summed E-state index contributed by atoms with van der Waals surface area (Å²) in [7, 11) is 0. The lowest BCUT2D eigenvalue weighted by molar-refractivity contribution is -0.134. The summed E-state index contributed by atoms with van der Waals surface area (Å²) in [5, 5.41) is 20.5. The highest BCUT2D eigenvalue weighted by Crippen LogP contribution is 2.22. The van der Waals surface area contributed by atoms with Gasteiger partial charge < -0.3 is 10.2 Å². The number of benzene rings is 1. The van der Waals surface area contributed by atoms with Gasteiger partial charge >= 0.3 is 0 Å². The Morgan fingerprint density at radius 1 is 1.29 bits per heavy atom. The minimum atomic E-state index is -0.833. The Kier molecular flexibility index (Phi) is 5.39. The minimum Gasteiger partial charge on any atom is -0.481 e. The molecular weight excluding hydrogens is 236 g/mol. The SMILES string of the molecule is CC(=O)O.OCc1cccc(-c2ccsc2)c1. The summed E-state index contributed by atoms with van der Waals surface area (Å²) >= 11 is 1.69. The average Bonchev–Trinajstić information content (AvgIpc) is 2.82. The van der Waals surface area contributed by atoms with Crippen LogP contribution in [0.1, 0.15) is 12.5 Å². The second kappa shape index (κ2) is 6.83. The second-order valence-corrected chi connectivity index (χ2v) is 4.17. The molecule has 0 unspecified atom stereocenters. The first-order valence-electron chi connectivity index (χ1n) is 5.05. The van der Waals surface area contributed by atoms with Crippen LogP contribution in [0.2, 0.25) is 0 Å². The largest absolute Gasteiger partial charge is 0.481 e. The zero-order valence-corrected chi connectivity index (χ0v) is 10.3. The number of hydrogen-bond acceptors (Lipinski definition) is 3. The number of carbonyl (C=O) groups is 1. The van der Waals surface area contributed by atoms with Crippen LogP contribution >= 0.6 is 11.3 Å². The van der Waals surface area contributed by atoms with Gasteiger partial charge in [0.05, 0.1) is 6.61 Å². The second-order valence-electron chi connectivity index (χ2n) is 3.39. The highest BCUT2D eigenvalue weighted by molar-refractivity contribution is 7.08. The first-order chi connectivity index (χ1) is 8.13. The number of hydrogen-bond donors (Lipinski definition) is 2. The summed E-state index contributed by atoms with van der Waals surface area (Å²) < 4.78 is 0. The Bertz CT molecular complexity index is 459. The minimum absolute atomic E-state index is 0.109. The van der Waals surface area contributed by atoms with Crippen LogP contribution in [-0.2, 0) is 11.4 Å². The normalized spacial score (nSPS) is 9.29. The van der Waals surface area contributed by atoms with E-state index < -0.39 is 5.97 Å². The molecule has 0 saturated heterocycles. The quantitative estimate of drug-likeness (QED) is 0.861. The zero-order valence-electron chi connectivity index (χ0n) is 9.46. The summed E-state index contributed by atoms with van der Waals surface area (Å²) in [6.45, 7) is 1.19. The Hall–Kier alpha value is -1.65. The maximum atomic E-state index is 9.00. The number of carboxylic acid groups (broad SMARTS) is 1. The maximum absolute atomic E-state index is 9.00. The molecule has 0 radical (unpaired) electrons. The van der Waals surface area contributed by atoms with Gasteiger partial charge in [-0.3, -0.25) is 4.79 Å². The van der Waals surface area contributed by atoms with Gasteiger partial charge in [-0.1, -0.05) is 18.2 Å². The molecule has 1 heterocycles. The topological polar surface area (TPSA) is 57.5 Å². The van der Waals surface area contributed by atoms with Crippen LogP contribution in [0.15, 0.2) is 41.1 Å². The molecule has 0 atom stereocenters. The molecule has 0 aliphatic carbocycles. The van der Waals surface area contributed by atoms with Crippen LogP contribution in [0, 0.1) is 0 Å². The Labute approximate surface area is 104 Å². The van der Waals surface area contributed by atoms with Crippen molar-refractivity contribution in [2.24, 2.45) is 0 Å². The molecule has 0 spiro atoms. The molecule has 1 aromatic carbocycles. The first-order valence-corrected chi connectivity index (χ1v) is 5.99. The fraction of sp³-hybridized carbons (Fsp3) is 0.154. The van der Waals surface area contributed by atoms with E-state index in [0.29, 0.717) is 0 Å². The lowest BCUT2D eigenvalue weighted by Crippen LogP contribution is -1.82. The summed E-state index contributed by atoms with van der Waals surface area (Å²) in [6, 6.07) is 10.1. The highest BCUT2D eigenvalue weighted by Gasteiger charge is 1.97. The molecule has 2 aromatic rings. The predicted molar refractivity (Wildman–Crippen MR) is 69.0 cm³/mol. The van der Waals surface area contributed by atoms with Crippen molar-refractivity contribution in [2.45, 2.75) is 13.5 Å². The van der Waals surface area contributed by atoms with Gasteiger partial charge in [-0.05, 0) is 39.6 Å². The molecule has 0 bridgehead atoms. The van der Waals surface area contributed by atoms with Crippen molar-refractivity contribution in [1.82, 2.24) is 0 Å². The van der Waals surface area contributed by atoms with E-state index in [2.05, 4.69) is 22.9 Å². The molecule has 0 aliphatic rings. The molecule has 0 fully saturated rings. The fourth-order valence-corrected chi connectivity index (χ4v) is 1.94. The fourth-order valence-electron chi connectivity index (χ4n) is 1.28. The molecule has 0 amide bonds. The van der Waals surface area contributed by atoms with Crippen molar-refractivity contribution in [3.63, 3.8) is 0 Å². The summed E-state index contributed by atoms with van der Waals surface area (Å²) in [5.74, 6) is -0.833. The van der Waals surface area contributed by atoms with Crippen LogP contribution in [-0.4, -0.2) is 16.2 Å². The molecule has 0 aliphatic heterocycles. The molecule has 2 rings (SSSR count). The molecular formula is C13H14O3S. The van der Waals surface area contributed by atoms with Gasteiger partial charge in [-0.2, -0.15) is 11.3 Å². The molecule has 3 nitrogen and oxygen atoms in total. The number of aliphatic hydroxyl groups is 1. The standard InChI is InChI=1S/C11H10OS.C2H4O2/c12-7-9-2-1-3-10(6-9)11-4-5-13-8-11;1-2(3)4/h1-6,8,12H,7H2;1H3,(H,3,4). The molecule has 17 heavy (non-hydrogen) atoms. The van der Waals surface area contributed by atoms with E-state index in [4.69, 9.17) is 15.0 Å². The van der Waals surface area contributed by atoms with Crippen LogP contribution in [0.5, 0.6) is 0 Å². The maximum Gasteiger partial charge on any atom is 0.300 e. The van der Waals surface area contributed by atoms with Crippen molar-refractivity contribution in [1.29, 1.82) is 0 Å². The third-order valence-electron chi connectivity index (χ3n) is 1.96. The van der Waals surface area contributed by atoms with Crippen molar-refractivity contribution in [2.75, 3.05) is 0 Å². The van der Waals surface area contributed by atoms with Crippen LogP contribution < -0.4 is 0 Å². The van der Waals surface area contributed by atoms with E-state index in [1.165, 1.54) is 11.1 Å². The van der Waals surface area contributed by atoms with Gasteiger partial charge in [0, 0.05) is 6.92 Å². The number of rotatable bonds is 2. The summed E-state index contributed by atoms with van der Waals surface area (Å²) in [5.41, 5.74) is 3.36. The third kappa shape index (κ3) is 4.80. The van der Waals surface area contributed by atoms with Gasteiger partial charge in [0.15, 0.2) is 0 Å². The van der Waals surface area contributed by atoms with Crippen LogP contribution in [0.4, 0.5) is 0 Å². The van der Waals surface area contributed by atoms with E-state index in [0.717, 1.165) is 12.5 Å². The van der Waals surface area contributed by atoms with E-state index in [9.17, 15) is 0 Å². The lowest BCUT2D eigenvalue weighted by Gasteiger charge is -2.00. The third-order valence-corrected chi connectivity index (χ3v) is 2.65. The summed E-state index contributed by atoms with van der Waals surface area (Å²) in [6.07, 6.45) is 0. The van der Waals surface area contributed by atoms with Gasteiger partial charge in [-0.25, -0.2) is 0 Å². The van der Waals surface area contributed by atoms with Gasteiger partial charge in [0.1, 0.15) is 0 Å². The molecule has 0 saturated carbocycles. The Morgan fingerprint density at radius 3 is 2.53 bits per heavy atom. The number of aliphatic carboxylic acids is 1. The van der Waals surface area contributed by atoms with E-state index in [1.54, 1.807) is 11.3 Å². The monoisotopic (exact) mass is 250 g/mol. The van der Waals surface area contributed by atoms with Crippen LogP contribution in [0.25, 0.3) is 11.1 Å². The van der Waals surface area contributed by atoms with Crippen molar-refractivity contribution < 1.29 is 15.0 Å². The summed E-state index contributed by atoms with van der Waals surface area (Å²) in [4.78, 5) is 9.00. The molecule has 4 heteroatoms. The number of carboxylic acids is 1. The molecule has 2 N–H and O–H groups in total. The van der Waals surface area contributed by atoms with E-state index >= 15 is 0 Å². The van der Waals surface area contributed by atoms with Gasteiger partial charge in [0.2, 0.25) is 0 Å². The Morgan fingerprint density at radius 2 is 2.00 bits per heavy atom. The van der Waals surface area contributed by atoms with Crippen molar-refractivity contribution >= 4 is 17.3 Å². The van der Waals surface area contributed by atoms with Gasteiger partial charge in [-0.15, -0.1) is 0 Å².